The van der Waals surface area contributed by atoms with E-state index < -0.39 is 0 Å². The van der Waals surface area contributed by atoms with Gasteiger partial charge in [-0.3, -0.25) is 4.79 Å². The zero-order chi connectivity index (χ0) is 11.4. The van der Waals surface area contributed by atoms with E-state index >= 15 is 0 Å². The molecule has 0 aliphatic carbocycles. The largest absolute Gasteiger partial charge is 0.326 e. The van der Waals surface area contributed by atoms with Gasteiger partial charge < -0.3 is 5.32 Å². The Balaban J connectivity index is 2.65. The summed E-state index contributed by atoms with van der Waals surface area (Å²) >= 11 is 9.15. The Hall–Kier alpha value is -0.540. The second-order valence-corrected chi connectivity index (χ2v) is 5.04. The van der Waals surface area contributed by atoms with Crippen LogP contribution < -0.4 is 5.32 Å². The van der Waals surface area contributed by atoms with E-state index in [2.05, 4.69) is 21.2 Å². The highest BCUT2D eigenvalue weighted by atomic mass is 79.9. The van der Waals surface area contributed by atoms with Crippen LogP contribution in [-0.4, -0.2) is 5.91 Å². The molecule has 0 aromatic heterocycles. The molecule has 0 aliphatic heterocycles. The molecule has 1 aromatic carbocycles. The molecule has 1 amide bonds. The van der Waals surface area contributed by atoms with Crippen molar-refractivity contribution in [3.8, 4) is 0 Å². The Kier molecular flexibility index (Phi) is 4.61. The number of carbonyl (C=O) groups is 1. The molecule has 1 rings (SSSR count). The Morgan fingerprint density at radius 3 is 2.73 bits per heavy atom. The van der Waals surface area contributed by atoms with Crippen LogP contribution in [-0.2, 0) is 4.79 Å². The van der Waals surface area contributed by atoms with Crippen molar-refractivity contribution in [2.45, 2.75) is 20.3 Å². The lowest BCUT2D eigenvalue weighted by Crippen LogP contribution is -2.13. The number of anilines is 1. The third kappa shape index (κ3) is 4.22. The second kappa shape index (κ2) is 5.52. The fourth-order valence-electron chi connectivity index (χ4n) is 1.16. The van der Waals surface area contributed by atoms with Crippen molar-refractivity contribution in [3.05, 3.63) is 27.7 Å². The molecule has 0 aliphatic rings. The standard InChI is InChI=1S/C11H13BrClNO/c1-7(2)5-11(15)14-8-3-4-10(13)9(12)6-8/h3-4,6-7H,5H2,1-2H3,(H,14,15). The molecule has 82 valence electrons. The van der Waals surface area contributed by atoms with Crippen LogP contribution in [0, 0.1) is 5.92 Å². The highest BCUT2D eigenvalue weighted by Crippen LogP contribution is 2.25. The van der Waals surface area contributed by atoms with Gasteiger partial charge in [0, 0.05) is 16.6 Å². The fourth-order valence-corrected chi connectivity index (χ4v) is 1.65. The smallest absolute Gasteiger partial charge is 0.224 e. The van der Waals surface area contributed by atoms with Gasteiger partial charge in [-0.1, -0.05) is 25.4 Å². The molecule has 0 unspecified atom stereocenters. The van der Waals surface area contributed by atoms with Gasteiger partial charge in [0.25, 0.3) is 0 Å². The summed E-state index contributed by atoms with van der Waals surface area (Å²) in [7, 11) is 0. The first-order chi connectivity index (χ1) is 6.99. The van der Waals surface area contributed by atoms with Crippen molar-refractivity contribution in [3.63, 3.8) is 0 Å². The molecule has 0 radical (unpaired) electrons. The molecular formula is C11H13BrClNO. The van der Waals surface area contributed by atoms with Crippen molar-refractivity contribution >= 4 is 39.1 Å². The Morgan fingerprint density at radius 1 is 1.53 bits per heavy atom. The van der Waals surface area contributed by atoms with Crippen LogP contribution in [0.3, 0.4) is 0 Å². The van der Waals surface area contributed by atoms with E-state index in [4.69, 9.17) is 11.6 Å². The summed E-state index contributed by atoms with van der Waals surface area (Å²) in [5.74, 6) is 0.389. The van der Waals surface area contributed by atoms with Crippen molar-refractivity contribution in [2.24, 2.45) is 5.92 Å². The normalized spacial score (nSPS) is 10.5. The second-order valence-electron chi connectivity index (χ2n) is 3.78. The number of benzene rings is 1. The zero-order valence-corrected chi connectivity index (χ0v) is 11.0. The lowest BCUT2D eigenvalue weighted by molar-refractivity contribution is -0.116. The first-order valence-corrected chi connectivity index (χ1v) is 5.91. The van der Waals surface area contributed by atoms with Gasteiger partial charge in [-0.05, 0) is 40.0 Å². The van der Waals surface area contributed by atoms with Gasteiger partial charge in [0.2, 0.25) is 5.91 Å². The average molecular weight is 291 g/mol. The maximum atomic E-state index is 11.5. The van der Waals surface area contributed by atoms with Crippen molar-refractivity contribution in [1.29, 1.82) is 0 Å². The predicted molar refractivity (Wildman–Crippen MR) is 67.2 cm³/mol. The lowest BCUT2D eigenvalue weighted by Gasteiger charge is -2.07. The minimum atomic E-state index is 0.0271. The van der Waals surface area contributed by atoms with Crippen molar-refractivity contribution in [1.82, 2.24) is 0 Å². The number of nitrogens with one attached hydrogen (secondary N) is 1. The minimum Gasteiger partial charge on any atom is -0.326 e. The SMILES string of the molecule is CC(C)CC(=O)Nc1ccc(Cl)c(Br)c1. The van der Waals surface area contributed by atoms with Gasteiger partial charge in [0.1, 0.15) is 0 Å². The van der Waals surface area contributed by atoms with Gasteiger partial charge in [-0.2, -0.15) is 0 Å². The molecule has 4 heteroatoms. The van der Waals surface area contributed by atoms with Crippen molar-refractivity contribution < 1.29 is 4.79 Å². The van der Waals surface area contributed by atoms with Gasteiger partial charge in [0.15, 0.2) is 0 Å². The first-order valence-electron chi connectivity index (χ1n) is 4.74. The van der Waals surface area contributed by atoms with E-state index in [1.54, 1.807) is 18.2 Å². The Bertz CT molecular complexity index is 366. The van der Waals surface area contributed by atoms with Gasteiger partial charge in [0.05, 0.1) is 5.02 Å². The summed E-state index contributed by atoms with van der Waals surface area (Å²) in [6.45, 7) is 4.02. The van der Waals surface area contributed by atoms with Crippen LogP contribution in [0.2, 0.25) is 5.02 Å². The van der Waals surface area contributed by atoms with E-state index in [0.29, 0.717) is 17.4 Å². The number of hydrogen-bond donors (Lipinski definition) is 1. The fraction of sp³-hybridized carbons (Fsp3) is 0.364. The third-order valence-corrected chi connectivity index (χ3v) is 3.01. The molecule has 0 heterocycles. The Morgan fingerprint density at radius 2 is 2.20 bits per heavy atom. The van der Waals surface area contributed by atoms with Crippen LogP contribution in [0.5, 0.6) is 0 Å². The molecule has 1 aromatic rings. The summed E-state index contributed by atoms with van der Waals surface area (Å²) in [4.78, 5) is 11.5. The predicted octanol–water partition coefficient (Wildman–Crippen LogP) is 4.09. The van der Waals surface area contributed by atoms with Gasteiger partial charge in [-0.15, -0.1) is 0 Å². The monoisotopic (exact) mass is 289 g/mol. The molecule has 1 N–H and O–H groups in total. The van der Waals surface area contributed by atoms with E-state index in [-0.39, 0.29) is 5.91 Å². The van der Waals surface area contributed by atoms with E-state index in [1.165, 1.54) is 0 Å². The summed E-state index contributed by atoms with van der Waals surface area (Å²) in [5, 5.41) is 3.45. The molecule has 15 heavy (non-hydrogen) atoms. The van der Waals surface area contributed by atoms with E-state index in [9.17, 15) is 4.79 Å². The maximum absolute atomic E-state index is 11.5. The molecule has 0 atom stereocenters. The summed E-state index contributed by atoms with van der Waals surface area (Å²) in [6, 6.07) is 5.32. The zero-order valence-electron chi connectivity index (χ0n) is 8.68. The van der Waals surface area contributed by atoms with Crippen molar-refractivity contribution in [2.75, 3.05) is 5.32 Å². The topological polar surface area (TPSA) is 29.1 Å². The van der Waals surface area contributed by atoms with Crippen LogP contribution in [0.4, 0.5) is 5.69 Å². The minimum absolute atomic E-state index is 0.0271. The Labute approximate surface area is 103 Å². The van der Waals surface area contributed by atoms with E-state index in [0.717, 1.165) is 10.2 Å². The molecule has 0 fully saturated rings. The molecule has 0 bridgehead atoms. The third-order valence-electron chi connectivity index (χ3n) is 1.80. The summed E-state index contributed by atoms with van der Waals surface area (Å²) in [6.07, 6.45) is 0.528. The maximum Gasteiger partial charge on any atom is 0.224 e. The summed E-state index contributed by atoms with van der Waals surface area (Å²) < 4.78 is 0.784. The molecular weight excluding hydrogens is 277 g/mol. The molecule has 0 spiro atoms. The van der Waals surface area contributed by atoms with Crippen LogP contribution in [0.25, 0.3) is 0 Å². The van der Waals surface area contributed by atoms with Gasteiger partial charge in [-0.25, -0.2) is 0 Å². The number of halogens is 2. The molecule has 0 saturated carbocycles. The van der Waals surface area contributed by atoms with Crippen LogP contribution in [0.15, 0.2) is 22.7 Å². The highest BCUT2D eigenvalue weighted by Gasteiger charge is 2.06. The quantitative estimate of drug-likeness (QED) is 0.892. The lowest BCUT2D eigenvalue weighted by atomic mass is 10.1. The van der Waals surface area contributed by atoms with Crippen LogP contribution >= 0.6 is 27.5 Å². The number of amides is 1. The first kappa shape index (κ1) is 12.5. The highest BCUT2D eigenvalue weighted by molar-refractivity contribution is 9.10. The average Bonchev–Trinajstić information content (AvgIpc) is 2.10. The number of rotatable bonds is 3. The molecule has 2 nitrogen and oxygen atoms in total. The summed E-state index contributed by atoms with van der Waals surface area (Å²) in [5.41, 5.74) is 0.761. The van der Waals surface area contributed by atoms with Crippen LogP contribution in [0.1, 0.15) is 20.3 Å². The van der Waals surface area contributed by atoms with Gasteiger partial charge >= 0.3 is 0 Å². The molecule has 0 saturated heterocycles. The number of hydrogen-bond acceptors (Lipinski definition) is 1. The number of carbonyl (C=O) groups excluding carboxylic acids is 1. The van der Waals surface area contributed by atoms with E-state index in [1.807, 2.05) is 13.8 Å².